The van der Waals surface area contributed by atoms with Crippen molar-refractivity contribution in [2.24, 2.45) is 5.41 Å². The quantitative estimate of drug-likeness (QED) is 0.556. The highest BCUT2D eigenvalue weighted by Crippen LogP contribution is 2.09. The molecule has 0 heterocycles. The maximum absolute atomic E-state index is 7.00. The van der Waals surface area contributed by atoms with Crippen LogP contribution < -0.4 is 5.32 Å². The van der Waals surface area contributed by atoms with Gasteiger partial charge in [-0.1, -0.05) is 20.8 Å². The third-order valence-electron chi connectivity index (χ3n) is 0.707. The summed E-state index contributed by atoms with van der Waals surface area (Å²) in [6.07, 6.45) is 0. The Morgan fingerprint density at radius 1 is 1.22 bits per heavy atom. The average Bonchev–Trinajstić information content (AvgIpc) is 1.69. The summed E-state index contributed by atoms with van der Waals surface area (Å²) in [5, 5.41) is 10.1. The Bertz CT molecular complexity index is 47.4. The number of aliphatic hydroxyl groups is 1. The molecule has 0 fully saturated rings. The maximum atomic E-state index is 7.00. The third-order valence-corrected chi connectivity index (χ3v) is 0.707. The molecule has 0 rings (SSSR count). The van der Waals surface area contributed by atoms with Crippen LogP contribution in [0.5, 0.6) is 0 Å². The maximum Gasteiger partial charge on any atom is 0.0319 e. The van der Waals surface area contributed by atoms with Gasteiger partial charge in [0.1, 0.15) is 0 Å². The second-order valence-electron chi connectivity index (χ2n) is 3.09. The summed E-state index contributed by atoms with van der Waals surface area (Å²) in [7, 11) is 2.98. The molecule has 0 spiro atoms. The first-order chi connectivity index (χ1) is 4.06. The van der Waals surface area contributed by atoms with E-state index in [0.29, 0.717) is 5.41 Å². The van der Waals surface area contributed by atoms with Gasteiger partial charge in [-0.05, 0) is 19.0 Å². The van der Waals surface area contributed by atoms with E-state index in [2.05, 4.69) is 26.1 Å². The normalized spacial score (nSPS) is 10.0. The summed E-state index contributed by atoms with van der Waals surface area (Å²) in [5.74, 6) is 0. The zero-order valence-electron chi connectivity index (χ0n) is 7.15. The summed E-state index contributed by atoms with van der Waals surface area (Å²) in [4.78, 5) is 0. The van der Waals surface area contributed by atoms with E-state index in [1.165, 1.54) is 0 Å². The van der Waals surface area contributed by atoms with E-state index in [4.69, 9.17) is 5.11 Å². The van der Waals surface area contributed by atoms with E-state index in [9.17, 15) is 0 Å². The van der Waals surface area contributed by atoms with E-state index < -0.39 is 0 Å². The lowest BCUT2D eigenvalue weighted by molar-refractivity contribution is 0.395. The molecule has 0 aliphatic rings. The highest BCUT2D eigenvalue weighted by molar-refractivity contribution is 4.61. The molecule has 0 aromatic carbocycles. The van der Waals surface area contributed by atoms with Crippen molar-refractivity contribution >= 4 is 0 Å². The van der Waals surface area contributed by atoms with Gasteiger partial charge in [-0.25, -0.2) is 0 Å². The number of aliphatic hydroxyl groups excluding tert-OH is 1. The monoisotopic (exact) mass is 133 g/mol. The van der Waals surface area contributed by atoms with Gasteiger partial charge in [0.25, 0.3) is 0 Å². The highest BCUT2D eigenvalue weighted by atomic mass is 16.2. The Morgan fingerprint density at radius 3 is 1.56 bits per heavy atom. The lowest BCUT2D eigenvalue weighted by Gasteiger charge is -2.16. The number of nitrogens with one attached hydrogen (secondary N) is 1. The number of hydrogen-bond donors (Lipinski definition) is 2. The van der Waals surface area contributed by atoms with Gasteiger partial charge in [0.2, 0.25) is 0 Å². The van der Waals surface area contributed by atoms with E-state index in [0.717, 1.165) is 13.7 Å². The third kappa shape index (κ3) is 18.1. The van der Waals surface area contributed by atoms with E-state index in [1.807, 2.05) is 7.05 Å². The predicted molar refractivity (Wildman–Crippen MR) is 41.5 cm³/mol. The molecule has 0 aromatic rings. The number of hydrogen-bond acceptors (Lipinski definition) is 2. The lowest BCUT2D eigenvalue weighted by Crippen LogP contribution is -2.22. The standard InChI is InChI=1S/C6H15N.CH4O/c1-6(2,3)5-7-4;1-2/h7H,5H2,1-4H3;2H,1H3. The zero-order valence-corrected chi connectivity index (χ0v) is 7.15. The minimum absolute atomic E-state index is 0.439. The van der Waals surface area contributed by atoms with Crippen LogP contribution in [-0.4, -0.2) is 25.8 Å². The topological polar surface area (TPSA) is 32.3 Å². The van der Waals surface area contributed by atoms with Crippen LogP contribution in [0.15, 0.2) is 0 Å². The van der Waals surface area contributed by atoms with Crippen LogP contribution in [0.3, 0.4) is 0 Å². The molecule has 0 aromatic heterocycles. The predicted octanol–water partition coefficient (Wildman–Crippen LogP) is 0.860. The van der Waals surface area contributed by atoms with Crippen molar-refractivity contribution in [1.82, 2.24) is 5.32 Å². The van der Waals surface area contributed by atoms with Crippen molar-refractivity contribution in [3.05, 3.63) is 0 Å². The van der Waals surface area contributed by atoms with E-state index in [-0.39, 0.29) is 0 Å². The van der Waals surface area contributed by atoms with Crippen LogP contribution >= 0.6 is 0 Å². The molecule has 2 heteroatoms. The van der Waals surface area contributed by atoms with Crippen LogP contribution in [0.25, 0.3) is 0 Å². The minimum atomic E-state index is 0.439. The van der Waals surface area contributed by atoms with Gasteiger partial charge in [-0.15, -0.1) is 0 Å². The molecule has 2 N–H and O–H groups in total. The molecule has 0 atom stereocenters. The van der Waals surface area contributed by atoms with Gasteiger partial charge in [0.05, 0.1) is 0 Å². The van der Waals surface area contributed by atoms with Gasteiger partial charge in [0, 0.05) is 7.11 Å². The molecule has 0 aliphatic carbocycles. The smallest absolute Gasteiger partial charge is 0.0319 e. The fourth-order valence-corrected chi connectivity index (χ4v) is 0.530. The van der Waals surface area contributed by atoms with Crippen molar-refractivity contribution < 1.29 is 5.11 Å². The van der Waals surface area contributed by atoms with Crippen LogP contribution in [0.2, 0.25) is 0 Å². The second-order valence-corrected chi connectivity index (χ2v) is 3.09. The Kier molecular flexibility index (Phi) is 7.85. The van der Waals surface area contributed by atoms with Gasteiger partial charge in [-0.3, -0.25) is 0 Å². The van der Waals surface area contributed by atoms with Crippen molar-refractivity contribution in [3.63, 3.8) is 0 Å². The lowest BCUT2D eigenvalue weighted by atomic mass is 9.97. The molecule has 0 bridgehead atoms. The molecule has 9 heavy (non-hydrogen) atoms. The molecule has 58 valence electrons. The second kappa shape index (κ2) is 6.05. The van der Waals surface area contributed by atoms with Crippen molar-refractivity contribution in [2.45, 2.75) is 20.8 Å². The molecular weight excluding hydrogens is 114 g/mol. The Hall–Kier alpha value is -0.0800. The fourth-order valence-electron chi connectivity index (χ4n) is 0.530. The fraction of sp³-hybridized carbons (Fsp3) is 1.00. The van der Waals surface area contributed by atoms with Gasteiger partial charge >= 0.3 is 0 Å². The Morgan fingerprint density at radius 2 is 1.56 bits per heavy atom. The Balaban J connectivity index is 0. The van der Waals surface area contributed by atoms with Gasteiger partial charge < -0.3 is 10.4 Å². The van der Waals surface area contributed by atoms with Crippen LogP contribution in [0, 0.1) is 5.41 Å². The molecule has 0 amide bonds. The van der Waals surface area contributed by atoms with Crippen LogP contribution in [-0.2, 0) is 0 Å². The summed E-state index contributed by atoms with van der Waals surface area (Å²) in [5.41, 5.74) is 0.439. The van der Waals surface area contributed by atoms with Crippen LogP contribution in [0.4, 0.5) is 0 Å². The number of rotatable bonds is 1. The molecule has 0 aliphatic heterocycles. The first kappa shape index (κ1) is 11.7. The molecule has 2 nitrogen and oxygen atoms in total. The summed E-state index contributed by atoms with van der Waals surface area (Å²) in [6, 6.07) is 0. The molecule has 0 radical (unpaired) electrons. The minimum Gasteiger partial charge on any atom is -0.400 e. The molecule has 0 saturated carbocycles. The molecular formula is C7H19NO. The summed E-state index contributed by atoms with van der Waals surface area (Å²) in [6.45, 7) is 7.73. The van der Waals surface area contributed by atoms with E-state index >= 15 is 0 Å². The van der Waals surface area contributed by atoms with Crippen molar-refractivity contribution in [2.75, 3.05) is 20.7 Å². The molecule has 0 unspecified atom stereocenters. The Labute approximate surface area is 58.3 Å². The average molecular weight is 133 g/mol. The van der Waals surface area contributed by atoms with Gasteiger partial charge in [-0.2, -0.15) is 0 Å². The zero-order chi connectivity index (χ0) is 7.91. The van der Waals surface area contributed by atoms with Crippen molar-refractivity contribution in [1.29, 1.82) is 0 Å². The first-order valence-electron chi connectivity index (χ1n) is 3.15. The summed E-state index contributed by atoms with van der Waals surface area (Å²) < 4.78 is 0. The van der Waals surface area contributed by atoms with E-state index in [1.54, 1.807) is 0 Å². The van der Waals surface area contributed by atoms with Crippen molar-refractivity contribution in [3.8, 4) is 0 Å². The largest absolute Gasteiger partial charge is 0.400 e. The van der Waals surface area contributed by atoms with Gasteiger partial charge in [0.15, 0.2) is 0 Å². The highest BCUT2D eigenvalue weighted by Gasteiger charge is 2.05. The summed E-state index contributed by atoms with van der Waals surface area (Å²) >= 11 is 0. The molecule has 0 saturated heterocycles. The first-order valence-corrected chi connectivity index (χ1v) is 3.15. The van der Waals surface area contributed by atoms with Crippen LogP contribution in [0.1, 0.15) is 20.8 Å². The SMILES string of the molecule is CNCC(C)(C)C.CO.